The van der Waals surface area contributed by atoms with Crippen LogP contribution < -0.4 is 4.74 Å². The van der Waals surface area contributed by atoms with E-state index < -0.39 is 0 Å². The summed E-state index contributed by atoms with van der Waals surface area (Å²) in [5.74, 6) is 0.412. The summed E-state index contributed by atoms with van der Waals surface area (Å²) in [6.45, 7) is 1.99. The Kier molecular flexibility index (Phi) is 6.63. The van der Waals surface area contributed by atoms with Crippen LogP contribution in [0.25, 0.3) is 0 Å². The summed E-state index contributed by atoms with van der Waals surface area (Å²) in [6, 6.07) is 0. The van der Waals surface area contributed by atoms with Crippen LogP contribution >= 0.6 is 27.5 Å². The van der Waals surface area contributed by atoms with Crippen molar-refractivity contribution in [2.24, 2.45) is 0 Å². The molecular weight excluding hydrogens is 299 g/mol. The van der Waals surface area contributed by atoms with E-state index in [1.54, 1.807) is 7.11 Å². The first-order valence-corrected chi connectivity index (χ1v) is 5.78. The van der Waals surface area contributed by atoms with Gasteiger partial charge in [-0.2, -0.15) is 0 Å². The predicted octanol–water partition coefficient (Wildman–Crippen LogP) is 1.93. The van der Waals surface area contributed by atoms with Crippen molar-refractivity contribution in [1.29, 1.82) is 0 Å². The molecule has 1 heterocycles. The molecule has 0 radical (unpaired) electrons. The molecule has 16 heavy (non-hydrogen) atoms. The summed E-state index contributed by atoms with van der Waals surface area (Å²) in [6.07, 6.45) is 1.34. The molecule has 7 heteroatoms. The van der Waals surface area contributed by atoms with E-state index in [-0.39, 0.29) is 0 Å². The Morgan fingerprint density at radius 2 is 2.00 bits per heavy atom. The number of nitrogens with zero attached hydrogens (tertiary/aromatic N) is 2. The first kappa shape index (κ1) is 13.6. The van der Waals surface area contributed by atoms with E-state index in [1.165, 1.54) is 6.33 Å². The minimum absolute atomic E-state index is 0.324. The van der Waals surface area contributed by atoms with Crippen molar-refractivity contribution in [3.8, 4) is 5.88 Å². The second-order valence-corrected chi connectivity index (χ2v) is 3.89. The first-order valence-electron chi connectivity index (χ1n) is 4.61. The summed E-state index contributed by atoms with van der Waals surface area (Å²) in [4.78, 5) is 7.72. The summed E-state index contributed by atoms with van der Waals surface area (Å²) in [5.41, 5.74) is 0. The topological polar surface area (TPSA) is 53.5 Å². The number of methoxy groups -OCH3 is 1. The highest BCUT2D eigenvalue weighted by molar-refractivity contribution is 9.10. The number of ether oxygens (including phenoxy) is 3. The molecule has 1 aromatic rings. The molecule has 5 nitrogen and oxygen atoms in total. The van der Waals surface area contributed by atoms with Gasteiger partial charge in [0, 0.05) is 7.11 Å². The van der Waals surface area contributed by atoms with Crippen molar-refractivity contribution in [2.45, 2.75) is 0 Å². The van der Waals surface area contributed by atoms with Gasteiger partial charge < -0.3 is 14.2 Å². The molecule has 0 saturated carbocycles. The van der Waals surface area contributed by atoms with E-state index >= 15 is 0 Å². The van der Waals surface area contributed by atoms with Crippen LogP contribution in [0.5, 0.6) is 5.88 Å². The largest absolute Gasteiger partial charge is 0.474 e. The molecule has 0 bridgehead atoms. The van der Waals surface area contributed by atoms with E-state index in [0.717, 1.165) is 0 Å². The van der Waals surface area contributed by atoms with Crippen LogP contribution in [0.15, 0.2) is 10.8 Å². The Morgan fingerprint density at radius 3 is 2.75 bits per heavy atom. The summed E-state index contributed by atoms with van der Waals surface area (Å²) < 4.78 is 16.0. The molecule has 1 aromatic heterocycles. The number of hydrogen-bond acceptors (Lipinski definition) is 5. The van der Waals surface area contributed by atoms with Gasteiger partial charge in [-0.25, -0.2) is 9.97 Å². The number of aromatic nitrogens is 2. The fourth-order valence-corrected chi connectivity index (χ4v) is 1.32. The maximum atomic E-state index is 5.77. The Hall–Kier alpha value is -0.430. The fraction of sp³-hybridized carbons (Fsp3) is 0.556. The summed E-state index contributed by atoms with van der Waals surface area (Å²) in [5, 5.41) is 0.324. The molecule has 0 saturated heterocycles. The molecule has 0 N–H and O–H groups in total. The lowest BCUT2D eigenvalue weighted by molar-refractivity contribution is 0.0535. The Bertz CT molecular complexity index is 328. The fourth-order valence-electron chi connectivity index (χ4n) is 0.876. The van der Waals surface area contributed by atoms with Gasteiger partial charge in [-0.15, -0.1) is 0 Å². The highest BCUT2D eigenvalue weighted by Crippen LogP contribution is 2.27. The molecule has 0 fully saturated rings. The van der Waals surface area contributed by atoms with Gasteiger partial charge in [0.05, 0.1) is 19.8 Å². The smallest absolute Gasteiger partial charge is 0.232 e. The highest BCUT2D eigenvalue weighted by atomic mass is 79.9. The van der Waals surface area contributed by atoms with Crippen LogP contribution in [0.1, 0.15) is 0 Å². The Morgan fingerprint density at radius 1 is 1.25 bits per heavy atom. The second-order valence-electron chi connectivity index (χ2n) is 2.74. The van der Waals surface area contributed by atoms with E-state index in [2.05, 4.69) is 25.9 Å². The quantitative estimate of drug-likeness (QED) is 0.569. The van der Waals surface area contributed by atoms with Crippen LogP contribution in [0.2, 0.25) is 5.15 Å². The molecule has 0 spiro atoms. The average Bonchev–Trinajstić information content (AvgIpc) is 2.29. The molecule has 0 aromatic carbocycles. The Balaban J connectivity index is 2.24. The van der Waals surface area contributed by atoms with E-state index in [4.69, 9.17) is 25.8 Å². The van der Waals surface area contributed by atoms with Crippen molar-refractivity contribution < 1.29 is 14.2 Å². The molecule has 0 aliphatic carbocycles. The van der Waals surface area contributed by atoms with Gasteiger partial charge in [-0.05, 0) is 15.9 Å². The van der Waals surface area contributed by atoms with Gasteiger partial charge in [0.2, 0.25) is 5.88 Å². The lowest BCUT2D eigenvalue weighted by atomic mass is 10.6. The molecule has 0 atom stereocenters. The lowest BCUT2D eigenvalue weighted by Crippen LogP contribution is -2.10. The van der Waals surface area contributed by atoms with Gasteiger partial charge in [0.15, 0.2) is 5.15 Å². The van der Waals surface area contributed by atoms with Crippen LogP contribution in [0.4, 0.5) is 0 Å². The van der Waals surface area contributed by atoms with Crippen molar-refractivity contribution in [3.63, 3.8) is 0 Å². The number of hydrogen-bond donors (Lipinski definition) is 0. The van der Waals surface area contributed by atoms with Crippen LogP contribution in [-0.2, 0) is 9.47 Å². The zero-order valence-corrected chi connectivity index (χ0v) is 11.1. The first-order chi connectivity index (χ1) is 7.75. The molecule has 90 valence electrons. The normalized spacial score (nSPS) is 10.4. The van der Waals surface area contributed by atoms with Gasteiger partial charge in [0.1, 0.15) is 17.4 Å². The minimum Gasteiger partial charge on any atom is -0.474 e. The third-order valence-corrected chi connectivity index (χ3v) is 2.84. The van der Waals surface area contributed by atoms with Crippen LogP contribution in [-0.4, -0.2) is 43.5 Å². The zero-order chi connectivity index (χ0) is 11.8. The molecule has 0 amide bonds. The summed E-state index contributed by atoms with van der Waals surface area (Å²) >= 11 is 9.00. The van der Waals surface area contributed by atoms with Crippen molar-refractivity contribution >= 4 is 27.5 Å². The molecule has 0 unspecified atom stereocenters. The monoisotopic (exact) mass is 310 g/mol. The standard InChI is InChI=1S/C9H12BrClN2O3/c1-14-2-3-15-4-5-16-9-7(10)8(11)12-6-13-9/h6H,2-5H2,1H3. The third-order valence-electron chi connectivity index (χ3n) is 1.61. The van der Waals surface area contributed by atoms with Gasteiger partial charge >= 0.3 is 0 Å². The van der Waals surface area contributed by atoms with Crippen molar-refractivity contribution in [3.05, 3.63) is 16.0 Å². The second kappa shape index (κ2) is 7.78. The van der Waals surface area contributed by atoms with Crippen LogP contribution in [0.3, 0.4) is 0 Å². The summed E-state index contributed by atoms with van der Waals surface area (Å²) in [7, 11) is 1.62. The number of rotatable bonds is 7. The molecular formula is C9H12BrClN2O3. The Labute approximate surface area is 107 Å². The SMILES string of the molecule is COCCOCCOc1ncnc(Cl)c1Br. The van der Waals surface area contributed by atoms with E-state index in [1.807, 2.05) is 0 Å². The van der Waals surface area contributed by atoms with Crippen molar-refractivity contribution in [2.75, 3.05) is 33.5 Å². The lowest BCUT2D eigenvalue weighted by Gasteiger charge is -2.07. The molecule has 1 rings (SSSR count). The van der Waals surface area contributed by atoms with Gasteiger partial charge in [-0.1, -0.05) is 11.6 Å². The van der Waals surface area contributed by atoms with Gasteiger partial charge in [0.25, 0.3) is 0 Å². The van der Waals surface area contributed by atoms with Gasteiger partial charge in [-0.3, -0.25) is 0 Å². The molecule has 0 aliphatic heterocycles. The number of halogens is 2. The van der Waals surface area contributed by atoms with Crippen molar-refractivity contribution in [1.82, 2.24) is 9.97 Å². The zero-order valence-electron chi connectivity index (χ0n) is 8.78. The predicted molar refractivity (Wildman–Crippen MR) is 62.9 cm³/mol. The highest BCUT2D eigenvalue weighted by Gasteiger charge is 2.07. The third kappa shape index (κ3) is 4.61. The van der Waals surface area contributed by atoms with E-state index in [0.29, 0.717) is 41.9 Å². The minimum atomic E-state index is 0.324. The van der Waals surface area contributed by atoms with Crippen LogP contribution in [0, 0.1) is 0 Å². The van der Waals surface area contributed by atoms with E-state index in [9.17, 15) is 0 Å². The maximum absolute atomic E-state index is 5.77. The molecule has 0 aliphatic rings. The average molecular weight is 312 g/mol. The maximum Gasteiger partial charge on any atom is 0.232 e.